The fourth-order valence-electron chi connectivity index (χ4n) is 6.19. The molecule has 0 saturated carbocycles. The summed E-state index contributed by atoms with van der Waals surface area (Å²) >= 11 is 0. The summed E-state index contributed by atoms with van der Waals surface area (Å²) in [5.41, 5.74) is 0. The molecule has 0 saturated heterocycles. The minimum atomic E-state index is -0.833. The number of carbonyl (C=O) groups excluding carboxylic acids is 3. The van der Waals surface area contributed by atoms with Crippen LogP contribution in [0.5, 0.6) is 0 Å². The molecule has 0 fully saturated rings. The average molecular weight is 895 g/mol. The number of carbonyl (C=O) groups is 3. The molecule has 6 heteroatoms. The van der Waals surface area contributed by atoms with Crippen molar-refractivity contribution in [2.75, 3.05) is 13.2 Å². The van der Waals surface area contributed by atoms with E-state index in [1.54, 1.807) is 0 Å². The van der Waals surface area contributed by atoms with Gasteiger partial charge in [0.2, 0.25) is 0 Å². The van der Waals surface area contributed by atoms with Gasteiger partial charge in [0, 0.05) is 19.3 Å². The van der Waals surface area contributed by atoms with Crippen LogP contribution in [0.25, 0.3) is 0 Å². The van der Waals surface area contributed by atoms with Crippen LogP contribution >= 0.6 is 0 Å². The van der Waals surface area contributed by atoms with E-state index in [1.807, 2.05) is 54.7 Å². The molecule has 1 atom stereocenters. The molecule has 0 rings (SSSR count). The van der Waals surface area contributed by atoms with Crippen LogP contribution < -0.4 is 0 Å². The molecular weight excluding hydrogens is 805 g/mol. The van der Waals surface area contributed by atoms with Crippen molar-refractivity contribution in [3.05, 3.63) is 146 Å². The van der Waals surface area contributed by atoms with E-state index in [9.17, 15) is 14.4 Å². The van der Waals surface area contributed by atoms with Gasteiger partial charge in [0.05, 0.1) is 0 Å². The molecule has 0 radical (unpaired) electrons. The quantitative estimate of drug-likeness (QED) is 0.0199. The summed E-state index contributed by atoms with van der Waals surface area (Å²) < 4.78 is 16.7. The molecule has 0 aromatic heterocycles. The maximum absolute atomic E-state index is 12.8. The Morgan fingerprint density at radius 2 is 0.692 bits per heavy atom. The Kier molecular flexibility index (Phi) is 48.2. The number of unbranched alkanes of at least 4 members (excludes halogenated alkanes) is 13. The second kappa shape index (κ2) is 51.9. The van der Waals surface area contributed by atoms with Crippen molar-refractivity contribution in [1.29, 1.82) is 0 Å². The van der Waals surface area contributed by atoms with Crippen LogP contribution in [0.1, 0.15) is 188 Å². The van der Waals surface area contributed by atoms with Crippen molar-refractivity contribution in [3.63, 3.8) is 0 Å². The number of hydrogen-bond acceptors (Lipinski definition) is 6. The average Bonchev–Trinajstić information content (AvgIpc) is 3.30. The van der Waals surface area contributed by atoms with Crippen LogP contribution in [0.15, 0.2) is 146 Å². The minimum Gasteiger partial charge on any atom is -0.462 e. The van der Waals surface area contributed by atoms with E-state index in [1.165, 1.54) is 32.1 Å². The summed E-state index contributed by atoms with van der Waals surface area (Å²) in [4.78, 5) is 37.9. The number of ether oxygens (including phenoxy) is 3. The molecule has 0 spiro atoms. The van der Waals surface area contributed by atoms with Crippen LogP contribution in [0.4, 0.5) is 0 Å². The van der Waals surface area contributed by atoms with E-state index in [-0.39, 0.29) is 44.0 Å². The van der Waals surface area contributed by atoms with Gasteiger partial charge in [-0.25, -0.2) is 0 Å². The lowest BCUT2D eigenvalue weighted by molar-refractivity contribution is -0.167. The van der Waals surface area contributed by atoms with Crippen molar-refractivity contribution in [2.45, 2.75) is 194 Å². The number of rotatable bonds is 43. The van der Waals surface area contributed by atoms with Gasteiger partial charge in [-0.05, 0) is 103 Å². The summed E-state index contributed by atoms with van der Waals surface area (Å²) in [5, 5.41) is 0. The zero-order valence-electron chi connectivity index (χ0n) is 41.2. The number of esters is 3. The SMILES string of the molecule is CC/C=C/C=C/C=C/C=C/C=C/CCCC(=O)OCC(COC(=O)CCCCC/C=C/C/C=C/C/C=C/C/C=C/C/C=C/CC)OC(=O)CCCCCCCC/C=C/C=C/CCCCC. The third kappa shape index (κ3) is 50.2. The van der Waals surface area contributed by atoms with Crippen molar-refractivity contribution in [3.8, 4) is 0 Å². The molecule has 65 heavy (non-hydrogen) atoms. The Bertz CT molecular complexity index is 1490. The van der Waals surface area contributed by atoms with Gasteiger partial charge < -0.3 is 14.2 Å². The van der Waals surface area contributed by atoms with Crippen molar-refractivity contribution < 1.29 is 28.6 Å². The lowest BCUT2D eigenvalue weighted by Gasteiger charge is -2.18. The summed E-state index contributed by atoms with van der Waals surface area (Å²) in [5.74, 6) is -1.06. The molecule has 0 N–H and O–H groups in total. The molecule has 0 amide bonds. The molecule has 0 aliphatic heterocycles. The van der Waals surface area contributed by atoms with Crippen LogP contribution in [0, 0.1) is 0 Å². The second-order valence-corrected chi connectivity index (χ2v) is 16.1. The maximum Gasteiger partial charge on any atom is 0.306 e. The smallest absolute Gasteiger partial charge is 0.306 e. The first-order chi connectivity index (χ1) is 32.0. The molecule has 0 aliphatic rings. The van der Waals surface area contributed by atoms with Gasteiger partial charge in [0.1, 0.15) is 13.2 Å². The van der Waals surface area contributed by atoms with E-state index >= 15 is 0 Å². The topological polar surface area (TPSA) is 78.9 Å². The van der Waals surface area contributed by atoms with Crippen molar-refractivity contribution >= 4 is 17.9 Å². The van der Waals surface area contributed by atoms with Crippen LogP contribution in [0.2, 0.25) is 0 Å². The summed E-state index contributed by atoms with van der Waals surface area (Å²) in [6.07, 6.45) is 74.1. The highest BCUT2D eigenvalue weighted by Gasteiger charge is 2.19. The first kappa shape index (κ1) is 60.3. The Morgan fingerprint density at radius 1 is 0.338 bits per heavy atom. The highest BCUT2D eigenvalue weighted by molar-refractivity contribution is 5.71. The largest absolute Gasteiger partial charge is 0.462 e. The predicted octanol–water partition coefficient (Wildman–Crippen LogP) is 16.9. The summed E-state index contributed by atoms with van der Waals surface area (Å²) in [7, 11) is 0. The van der Waals surface area contributed by atoms with Gasteiger partial charge in [0.25, 0.3) is 0 Å². The minimum absolute atomic E-state index is 0.129. The Morgan fingerprint density at radius 3 is 1.22 bits per heavy atom. The normalized spacial score (nSPS) is 13.3. The van der Waals surface area contributed by atoms with Gasteiger partial charge in [0.15, 0.2) is 6.10 Å². The van der Waals surface area contributed by atoms with Crippen LogP contribution in [-0.4, -0.2) is 37.2 Å². The fourth-order valence-corrected chi connectivity index (χ4v) is 6.19. The third-order valence-electron chi connectivity index (χ3n) is 9.96. The monoisotopic (exact) mass is 895 g/mol. The lowest BCUT2D eigenvalue weighted by atomic mass is 10.1. The van der Waals surface area contributed by atoms with Crippen LogP contribution in [-0.2, 0) is 28.6 Å². The molecule has 0 bridgehead atoms. The Labute approximate surface area is 397 Å². The number of hydrogen-bond donors (Lipinski definition) is 0. The molecule has 362 valence electrons. The van der Waals surface area contributed by atoms with Gasteiger partial charge in [-0.1, -0.05) is 212 Å². The standard InChI is InChI=1S/C59H90O6/c1-4-7-10-13-16-19-22-25-27-28-29-30-32-34-37-40-43-46-49-52-58(61)64-55-56(54-63-57(60)51-48-45-42-39-36-33-24-21-18-15-12-9-6-3)65-59(62)53-50-47-44-41-38-35-31-26-23-20-17-14-11-8-5-2/h7,9-10,12,15-21,23-27,29-30,33-34,36-37,39,42,56H,4-6,8,11,13-14,22,28,31-32,35,38,40-41,43-55H2,1-3H3/b10-7+,12-9+,18-15+,19-16+,20-17+,24-21+,26-23+,27-25+,30-29+,36-33+,37-34+,42-39+. The van der Waals surface area contributed by atoms with E-state index in [2.05, 4.69) is 112 Å². The van der Waals surface area contributed by atoms with E-state index < -0.39 is 6.10 Å². The molecule has 6 nitrogen and oxygen atoms in total. The van der Waals surface area contributed by atoms with Gasteiger partial charge in [-0.2, -0.15) is 0 Å². The molecule has 0 aromatic rings. The van der Waals surface area contributed by atoms with E-state index in [0.717, 1.165) is 109 Å². The fraction of sp³-hybridized carbons (Fsp3) is 0.542. The number of allylic oxidation sites excluding steroid dienone is 24. The second-order valence-electron chi connectivity index (χ2n) is 16.1. The molecule has 0 heterocycles. The molecule has 1 unspecified atom stereocenters. The van der Waals surface area contributed by atoms with Gasteiger partial charge in [-0.3, -0.25) is 14.4 Å². The Balaban J connectivity index is 4.58. The van der Waals surface area contributed by atoms with Gasteiger partial charge in [-0.15, -0.1) is 0 Å². The zero-order chi connectivity index (χ0) is 47.2. The van der Waals surface area contributed by atoms with Crippen LogP contribution in [0.3, 0.4) is 0 Å². The summed E-state index contributed by atoms with van der Waals surface area (Å²) in [6.45, 7) is 6.22. The first-order valence-corrected chi connectivity index (χ1v) is 25.4. The van der Waals surface area contributed by atoms with E-state index in [0.29, 0.717) is 12.8 Å². The predicted molar refractivity (Wildman–Crippen MR) is 279 cm³/mol. The van der Waals surface area contributed by atoms with E-state index in [4.69, 9.17) is 14.2 Å². The first-order valence-electron chi connectivity index (χ1n) is 25.4. The van der Waals surface area contributed by atoms with Crippen molar-refractivity contribution in [2.24, 2.45) is 0 Å². The molecule has 0 aliphatic carbocycles. The van der Waals surface area contributed by atoms with Gasteiger partial charge >= 0.3 is 17.9 Å². The third-order valence-corrected chi connectivity index (χ3v) is 9.96. The van der Waals surface area contributed by atoms with Crippen molar-refractivity contribution in [1.82, 2.24) is 0 Å². The zero-order valence-corrected chi connectivity index (χ0v) is 41.2. The highest BCUT2D eigenvalue weighted by Crippen LogP contribution is 2.12. The lowest BCUT2D eigenvalue weighted by Crippen LogP contribution is -2.30. The maximum atomic E-state index is 12.8. The highest BCUT2D eigenvalue weighted by atomic mass is 16.6. The summed E-state index contributed by atoms with van der Waals surface area (Å²) in [6, 6.07) is 0. The molecule has 0 aromatic carbocycles. The Hall–Kier alpha value is -4.71. The molecular formula is C59H90O6.